The lowest BCUT2D eigenvalue weighted by molar-refractivity contribution is 0.588. The molecule has 6 nitrogen and oxygen atoms in total. The second-order valence-corrected chi connectivity index (χ2v) is 6.95. The molecule has 2 aromatic rings. The van der Waals surface area contributed by atoms with Gasteiger partial charge in [0.1, 0.15) is 4.90 Å². The van der Waals surface area contributed by atoms with Gasteiger partial charge in [0.2, 0.25) is 10.0 Å². The fourth-order valence-electron chi connectivity index (χ4n) is 1.48. The minimum atomic E-state index is -3.54. The van der Waals surface area contributed by atoms with E-state index in [1.165, 1.54) is 24.9 Å². The van der Waals surface area contributed by atoms with Crippen molar-refractivity contribution in [2.24, 2.45) is 0 Å². The predicted octanol–water partition coefficient (Wildman–Crippen LogP) is 1.43. The van der Waals surface area contributed by atoms with Gasteiger partial charge < -0.3 is 5.73 Å². The van der Waals surface area contributed by atoms with Crippen molar-refractivity contribution in [2.45, 2.75) is 21.9 Å². The van der Waals surface area contributed by atoms with E-state index in [2.05, 4.69) is 14.7 Å². The van der Waals surface area contributed by atoms with Gasteiger partial charge in [0.05, 0.1) is 5.69 Å². The topological polar surface area (TPSA) is 98.0 Å². The van der Waals surface area contributed by atoms with E-state index < -0.39 is 10.0 Å². The number of rotatable bonds is 4. The average Bonchev–Trinajstić information content (AvgIpc) is 2.41. The van der Waals surface area contributed by atoms with E-state index >= 15 is 0 Å². The van der Waals surface area contributed by atoms with Crippen molar-refractivity contribution in [3.63, 3.8) is 0 Å². The van der Waals surface area contributed by atoms with Crippen LogP contribution in [0.25, 0.3) is 0 Å². The molecule has 1 aromatic carbocycles. The van der Waals surface area contributed by atoms with Crippen molar-refractivity contribution in [1.29, 1.82) is 0 Å². The first-order valence-electron chi connectivity index (χ1n) is 5.72. The van der Waals surface area contributed by atoms with Crippen LogP contribution in [-0.2, 0) is 10.0 Å². The van der Waals surface area contributed by atoms with E-state index in [1.807, 2.05) is 6.92 Å². The summed E-state index contributed by atoms with van der Waals surface area (Å²) in [5, 5.41) is 0.583. The lowest BCUT2D eigenvalue weighted by Crippen LogP contribution is -2.19. The lowest BCUT2D eigenvalue weighted by Gasteiger charge is -2.08. The number of sulfonamides is 1. The Balaban J connectivity index is 2.28. The van der Waals surface area contributed by atoms with E-state index in [1.54, 1.807) is 24.5 Å². The maximum atomic E-state index is 11.7. The fraction of sp³-hybridized carbons (Fsp3) is 0.167. The van der Waals surface area contributed by atoms with Crippen LogP contribution >= 0.6 is 11.8 Å². The second kappa shape index (κ2) is 5.78. The quantitative estimate of drug-likeness (QED) is 0.655. The summed E-state index contributed by atoms with van der Waals surface area (Å²) in [4.78, 5) is 9.19. The highest BCUT2D eigenvalue weighted by atomic mass is 32.2. The largest absolute Gasteiger partial charge is 0.398 e. The molecule has 3 N–H and O–H groups in total. The highest BCUT2D eigenvalue weighted by Crippen LogP contribution is 2.29. The molecule has 0 amide bonds. The Kier molecular flexibility index (Phi) is 4.26. The highest BCUT2D eigenvalue weighted by Gasteiger charge is 2.15. The van der Waals surface area contributed by atoms with Gasteiger partial charge in [-0.2, -0.15) is 0 Å². The average molecular weight is 310 g/mol. The van der Waals surface area contributed by atoms with E-state index in [4.69, 9.17) is 5.73 Å². The van der Waals surface area contributed by atoms with E-state index in [0.717, 1.165) is 10.5 Å². The van der Waals surface area contributed by atoms with Crippen molar-refractivity contribution < 1.29 is 8.42 Å². The van der Waals surface area contributed by atoms with Gasteiger partial charge >= 0.3 is 0 Å². The molecule has 8 heteroatoms. The number of aryl methyl sites for hydroxylation is 1. The second-order valence-electron chi connectivity index (χ2n) is 4.05. The third-order valence-corrected chi connectivity index (χ3v) is 4.88. The zero-order valence-electron chi connectivity index (χ0n) is 11.0. The molecule has 0 aliphatic heterocycles. The van der Waals surface area contributed by atoms with Crippen molar-refractivity contribution in [3.05, 3.63) is 36.2 Å². The Morgan fingerprint density at radius 2 is 1.90 bits per heavy atom. The van der Waals surface area contributed by atoms with E-state index in [-0.39, 0.29) is 10.6 Å². The molecule has 0 saturated carbocycles. The molecule has 0 fully saturated rings. The molecule has 0 unspecified atom stereocenters. The van der Waals surface area contributed by atoms with Crippen LogP contribution in [0.15, 0.2) is 45.5 Å². The molecule has 0 bridgehead atoms. The molecule has 0 atom stereocenters. The first kappa shape index (κ1) is 14.8. The number of hydrogen-bond acceptors (Lipinski definition) is 6. The van der Waals surface area contributed by atoms with Crippen molar-refractivity contribution >= 4 is 27.5 Å². The van der Waals surface area contributed by atoms with Crippen LogP contribution in [0.2, 0.25) is 0 Å². The maximum absolute atomic E-state index is 11.7. The molecule has 2 rings (SSSR count). The van der Waals surface area contributed by atoms with Gasteiger partial charge in [-0.1, -0.05) is 0 Å². The summed E-state index contributed by atoms with van der Waals surface area (Å²) < 4.78 is 25.6. The summed E-state index contributed by atoms with van der Waals surface area (Å²) in [6, 6.07) is 4.74. The smallest absolute Gasteiger partial charge is 0.242 e. The molecule has 0 saturated heterocycles. The summed E-state index contributed by atoms with van der Waals surface area (Å²) >= 11 is 1.32. The minimum Gasteiger partial charge on any atom is -0.398 e. The normalized spacial score (nSPS) is 11.5. The number of nitrogens with one attached hydrogen (secondary N) is 1. The SMILES string of the molecule is CNS(=O)(=O)c1ccc(Sc2ncc(C)cn2)cc1N. The fourth-order valence-corrected chi connectivity index (χ4v) is 3.06. The molecule has 0 aliphatic carbocycles. The summed E-state index contributed by atoms with van der Waals surface area (Å²) in [5.41, 5.74) is 6.95. The van der Waals surface area contributed by atoms with Gasteiger partial charge in [-0.3, -0.25) is 0 Å². The van der Waals surface area contributed by atoms with Gasteiger partial charge in [0.15, 0.2) is 5.16 Å². The van der Waals surface area contributed by atoms with E-state index in [0.29, 0.717) is 5.16 Å². The molecule has 1 heterocycles. The number of aromatic nitrogens is 2. The zero-order valence-corrected chi connectivity index (χ0v) is 12.6. The molecule has 1 aromatic heterocycles. The van der Waals surface area contributed by atoms with Gasteiger partial charge in [-0.05, 0) is 49.5 Å². The maximum Gasteiger partial charge on any atom is 0.242 e. The molecule has 0 spiro atoms. The third-order valence-electron chi connectivity index (χ3n) is 2.51. The van der Waals surface area contributed by atoms with Crippen LogP contribution in [-0.4, -0.2) is 25.4 Å². The number of nitrogens with zero attached hydrogens (tertiary/aromatic N) is 2. The summed E-state index contributed by atoms with van der Waals surface area (Å²) in [6.45, 7) is 1.91. The molecular formula is C12H14N4O2S2. The van der Waals surface area contributed by atoms with Gasteiger partial charge in [0, 0.05) is 17.3 Å². The van der Waals surface area contributed by atoms with Crippen LogP contribution in [0.5, 0.6) is 0 Å². The molecular weight excluding hydrogens is 296 g/mol. The molecule has 0 radical (unpaired) electrons. The van der Waals surface area contributed by atoms with Crippen LogP contribution in [0.1, 0.15) is 5.56 Å². The number of hydrogen-bond donors (Lipinski definition) is 2. The summed E-state index contributed by atoms with van der Waals surface area (Å²) in [5.74, 6) is 0. The van der Waals surface area contributed by atoms with Crippen LogP contribution in [0, 0.1) is 6.92 Å². The molecule has 0 aliphatic rings. The number of nitrogens with two attached hydrogens (primary N) is 1. The molecule has 20 heavy (non-hydrogen) atoms. The number of anilines is 1. The Morgan fingerprint density at radius 1 is 1.25 bits per heavy atom. The number of benzene rings is 1. The summed E-state index contributed by atoms with van der Waals surface area (Å²) in [6.07, 6.45) is 3.44. The van der Waals surface area contributed by atoms with Crippen LogP contribution < -0.4 is 10.5 Å². The highest BCUT2D eigenvalue weighted by molar-refractivity contribution is 7.99. The van der Waals surface area contributed by atoms with Gasteiger partial charge in [0.25, 0.3) is 0 Å². The van der Waals surface area contributed by atoms with Gasteiger partial charge in [-0.25, -0.2) is 23.1 Å². The van der Waals surface area contributed by atoms with E-state index in [9.17, 15) is 8.42 Å². The Bertz CT molecular complexity index is 715. The number of nitrogen functional groups attached to an aromatic ring is 1. The predicted molar refractivity (Wildman–Crippen MR) is 78.0 cm³/mol. The third kappa shape index (κ3) is 3.27. The first-order valence-corrected chi connectivity index (χ1v) is 8.02. The lowest BCUT2D eigenvalue weighted by atomic mass is 10.3. The Labute approximate surface area is 121 Å². The van der Waals surface area contributed by atoms with Crippen molar-refractivity contribution in [3.8, 4) is 0 Å². The Morgan fingerprint density at radius 3 is 2.45 bits per heavy atom. The molecule has 106 valence electrons. The monoisotopic (exact) mass is 310 g/mol. The van der Waals surface area contributed by atoms with Crippen LogP contribution in [0.4, 0.5) is 5.69 Å². The standard InChI is InChI=1S/C12H14N4O2S2/c1-8-6-15-12(16-7-8)19-9-3-4-11(10(13)5-9)20(17,18)14-2/h3-7,14H,13H2,1-2H3. The van der Waals surface area contributed by atoms with Crippen molar-refractivity contribution in [1.82, 2.24) is 14.7 Å². The Hall–Kier alpha value is -1.64. The van der Waals surface area contributed by atoms with Crippen molar-refractivity contribution in [2.75, 3.05) is 12.8 Å². The van der Waals surface area contributed by atoms with Gasteiger partial charge in [-0.15, -0.1) is 0 Å². The van der Waals surface area contributed by atoms with Crippen LogP contribution in [0.3, 0.4) is 0 Å². The minimum absolute atomic E-state index is 0.0641. The first-order chi connectivity index (χ1) is 9.42. The zero-order chi connectivity index (χ0) is 14.8. The summed E-state index contributed by atoms with van der Waals surface area (Å²) in [7, 11) is -2.19.